The first kappa shape index (κ1) is 16.5. The summed E-state index contributed by atoms with van der Waals surface area (Å²) >= 11 is 0. The Hall–Kier alpha value is -1.93. The van der Waals surface area contributed by atoms with Crippen LogP contribution in [0.1, 0.15) is 30.7 Å². The molecule has 0 saturated carbocycles. The highest BCUT2D eigenvalue weighted by atomic mass is 16.5. The Labute approximate surface area is 147 Å². The van der Waals surface area contributed by atoms with Gasteiger partial charge in [-0.3, -0.25) is 4.68 Å². The summed E-state index contributed by atoms with van der Waals surface area (Å²) in [4.78, 5) is 2.32. The van der Waals surface area contributed by atoms with Crippen LogP contribution >= 0.6 is 0 Å². The van der Waals surface area contributed by atoms with Crippen molar-refractivity contribution < 1.29 is 9.84 Å². The van der Waals surface area contributed by atoms with E-state index in [1.807, 2.05) is 26.5 Å². The van der Waals surface area contributed by atoms with E-state index in [0.29, 0.717) is 0 Å². The topological polar surface area (TPSA) is 81.2 Å². The predicted molar refractivity (Wildman–Crippen MR) is 92.3 cm³/mol. The van der Waals surface area contributed by atoms with Gasteiger partial charge in [0, 0.05) is 39.8 Å². The number of piperidine rings is 1. The van der Waals surface area contributed by atoms with Gasteiger partial charge in [0.15, 0.2) is 0 Å². The zero-order valence-corrected chi connectivity index (χ0v) is 14.9. The summed E-state index contributed by atoms with van der Waals surface area (Å²) in [5.74, 6) is 1.89. The maximum absolute atomic E-state index is 9.31. The molecule has 2 aromatic heterocycles. The number of aromatic nitrogens is 5. The van der Waals surface area contributed by atoms with Crippen molar-refractivity contribution in [2.45, 2.75) is 31.8 Å². The molecule has 2 aliphatic heterocycles. The van der Waals surface area contributed by atoms with Crippen molar-refractivity contribution in [1.82, 2.24) is 24.5 Å². The number of aliphatic hydroxyl groups is 1. The van der Waals surface area contributed by atoms with Crippen LogP contribution in [0.5, 0.6) is 0 Å². The molecule has 136 valence electrons. The van der Waals surface area contributed by atoms with Gasteiger partial charge in [0.25, 0.3) is 0 Å². The SMILES string of the molecule is Cn1cc(Cc2nnc(N3CCC4(CC3)COC(CO)C4)n2C)cn1. The fourth-order valence-corrected chi connectivity index (χ4v) is 4.07. The van der Waals surface area contributed by atoms with Crippen LogP contribution < -0.4 is 4.90 Å². The summed E-state index contributed by atoms with van der Waals surface area (Å²) in [7, 11) is 3.95. The molecule has 1 N–H and O–H groups in total. The lowest BCUT2D eigenvalue weighted by Gasteiger charge is -2.38. The molecule has 2 fully saturated rings. The van der Waals surface area contributed by atoms with Crippen LogP contribution in [0.15, 0.2) is 12.4 Å². The Morgan fingerprint density at radius 2 is 2.08 bits per heavy atom. The monoisotopic (exact) mass is 346 g/mol. The summed E-state index contributed by atoms with van der Waals surface area (Å²) in [5, 5.41) is 22.3. The fourth-order valence-electron chi connectivity index (χ4n) is 4.07. The number of hydrogen-bond donors (Lipinski definition) is 1. The van der Waals surface area contributed by atoms with Crippen LogP contribution in [0.25, 0.3) is 0 Å². The molecule has 2 aromatic rings. The van der Waals surface area contributed by atoms with Crippen LogP contribution in [0.3, 0.4) is 0 Å². The lowest BCUT2D eigenvalue weighted by Crippen LogP contribution is -2.41. The molecule has 1 atom stereocenters. The van der Waals surface area contributed by atoms with Crippen LogP contribution in [-0.2, 0) is 25.3 Å². The van der Waals surface area contributed by atoms with Gasteiger partial charge in [-0.1, -0.05) is 0 Å². The van der Waals surface area contributed by atoms with Crippen molar-refractivity contribution in [2.24, 2.45) is 19.5 Å². The van der Waals surface area contributed by atoms with Crippen LogP contribution in [0.2, 0.25) is 0 Å². The van der Waals surface area contributed by atoms with Gasteiger partial charge in [0.2, 0.25) is 5.95 Å². The summed E-state index contributed by atoms with van der Waals surface area (Å²) in [6, 6.07) is 0. The van der Waals surface area contributed by atoms with Crippen molar-refractivity contribution in [1.29, 1.82) is 0 Å². The summed E-state index contributed by atoms with van der Waals surface area (Å²) < 4.78 is 9.62. The zero-order chi connectivity index (χ0) is 17.4. The number of hydrogen-bond acceptors (Lipinski definition) is 6. The minimum Gasteiger partial charge on any atom is -0.394 e. The number of aliphatic hydroxyl groups excluding tert-OH is 1. The van der Waals surface area contributed by atoms with Gasteiger partial charge >= 0.3 is 0 Å². The first-order valence-corrected chi connectivity index (χ1v) is 8.92. The van der Waals surface area contributed by atoms with Gasteiger partial charge in [-0.2, -0.15) is 5.10 Å². The molecule has 0 radical (unpaired) electrons. The lowest BCUT2D eigenvalue weighted by atomic mass is 9.77. The Morgan fingerprint density at radius 3 is 2.72 bits per heavy atom. The third-order valence-corrected chi connectivity index (χ3v) is 5.66. The highest BCUT2D eigenvalue weighted by Gasteiger charge is 2.42. The first-order valence-electron chi connectivity index (χ1n) is 8.92. The van der Waals surface area contributed by atoms with Crippen molar-refractivity contribution in [2.75, 3.05) is 31.2 Å². The molecular formula is C17H26N6O2. The normalized spacial score (nSPS) is 22.8. The molecule has 25 heavy (non-hydrogen) atoms. The van der Waals surface area contributed by atoms with Gasteiger partial charge in [-0.25, -0.2) is 0 Å². The summed E-state index contributed by atoms with van der Waals surface area (Å²) in [6.07, 6.45) is 7.77. The number of rotatable bonds is 4. The molecule has 0 aromatic carbocycles. The summed E-state index contributed by atoms with van der Waals surface area (Å²) in [5.41, 5.74) is 1.38. The van der Waals surface area contributed by atoms with E-state index >= 15 is 0 Å². The van der Waals surface area contributed by atoms with Crippen molar-refractivity contribution >= 4 is 5.95 Å². The van der Waals surface area contributed by atoms with Crippen molar-refractivity contribution in [3.8, 4) is 0 Å². The average molecular weight is 346 g/mol. The number of aryl methyl sites for hydroxylation is 1. The van der Waals surface area contributed by atoms with Crippen LogP contribution in [0.4, 0.5) is 5.95 Å². The Kier molecular flexibility index (Phi) is 4.24. The maximum atomic E-state index is 9.31. The minimum absolute atomic E-state index is 0.0208. The Balaban J connectivity index is 1.42. The maximum Gasteiger partial charge on any atom is 0.226 e. The van der Waals surface area contributed by atoms with E-state index < -0.39 is 0 Å². The molecule has 8 nitrogen and oxygen atoms in total. The smallest absolute Gasteiger partial charge is 0.226 e. The molecule has 1 unspecified atom stereocenters. The number of ether oxygens (including phenoxy) is 1. The van der Waals surface area contributed by atoms with E-state index in [2.05, 4.69) is 24.8 Å². The predicted octanol–water partition coefficient (Wildman–Crippen LogP) is 0.507. The van der Waals surface area contributed by atoms with Crippen molar-refractivity contribution in [3.63, 3.8) is 0 Å². The standard InChI is InChI=1S/C17H26N6O2/c1-21-10-13(9-18-21)7-15-19-20-16(22(15)2)23-5-3-17(4-6-23)8-14(11-24)25-12-17/h9-10,14,24H,3-8,11-12H2,1-2H3. The van der Waals surface area contributed by atoms with Gasteiger partial charge in [-0.15, -0.1) is 10.2 Å². The summed E-state index contributed by atoms with van der Waals surface area (Å²) in [6.45, 7) is 2.82. The van der Waals surface area contributed by atoms with Crippen molar-refractivity contribution in [3.05, 3.63) is 23.8 Å². The van der Waals surface area contributed by atoms with E-state index in [0.717, 1.165) is 62.7 Å². The van der Waals surface area contributed by atoms with Crippen LogP contribution in [0, 0.1) is 5.41 Å². The van der Waals surface area contributed by atoms with E-state index in [1.165, 1.54) is 0 Å². The third kappa shape index (κ3) is 3.16. The second kappa shape index (κ2) is 6.42. The highest BCUT2D eigenvalue weighted by Crippen LogP contribution is 2.42. The molecule has 2 saturated heterocycles. The second-order valence-electron chi connectivity index (χ2n) is 7.48. The van der Waals surface area contributed by atoms with E-state index in [-0.39, 0.29) is 18.1 Å². The molecule has 4 heterocycles. The quantitative estimate of drug-likeness (QED) is 0.869. The zero-order valence-electron chi connectivity index (χ0n) is 14.9. The van der Waals surface area contributed by atoms with Crippen LogP contribution in [-0.4, -0.2) is 62.1 Å². The fraction of sp³-hybridized carbons (Fsp3) is 0.706. The van der Waals surface area contributed by atoms with E-state index in [1.54, 1.807) is 4.68 Å². The number of nitrogens with zero attached hydrogens (tertiary/aromatic N) is 6. The Bertz CT molecular complexity index is 731. The minimum atomic E-state index is 0.0208. The molecule has 8 heteroatoms. The lowest BCUT2D eigenvalue weighted by molar-refractivity contribution is 0.0505. The molecule has 0 bridgehead atoms. The number of anilines is 1. The molecular weight excluding hydrogens is 320 g/mol. The third-order valence-electron chi connectivity index (χ3n) is 5.66. The largest absolute Gasteiger partial charge is 0.394 e. The van der Waals surface area contributed by atoms with Gasteiger partial charge in [-0.05, 0) is 30.2 Å². The molecule has 1 spiro atoms. The van der Waals surface area contributed by atoms with Gasteiger partial charge in [0.1, 0.15) is 5.82 Å². The Morgan fingerprint density at radius 1 is 1.28 bits per heavy atom. The van der Waals surface area contributed by atoms with Gasteiger partial charge < -0.3 is 19.3 Å². The average Bonchev–Trinajstić information content (AvgIpc) is 3.30. The molecule has 4 rings (SSSR count). The first-order chi connectivity index (χ1) is 12.1. The molecule has 0 amide bonds. The highest BCUT2D eigenvalue weighted by molar-refractivity contribution is 5.33. The second-order valence-corrected chi connectivity index (χ2v) is 7.48. The van der Waals surface area contributed by atoms with E-state index in [9.17, 15) is 5.11 Å². The van der Waals surface area contributed by atoms with Gasteiger partial charge in [0.05, 0.1) is 25.5 Å². The van der Waals surface area contributed by atoms with E-state index in [4.69, 9.17) is 4.74 Å². The molecule has 0 aliphatic carbocycles. The molecule has 2 aliphatic rings.